The van der Waals surface area contributed by atoms with Crippen LogP contribution in [0.1, 0.15) is 52.9 Å². The van der Waals surface area contributed by atoms with Crippen molar-refractivity contribution < 1.29 is 0 Å². The third-order valence-corrected chi connectivity index (χ3v) is 4.35. The van der Waals surface area contributed by atoms with E-state index >= 15 is 0 Å². The van der Waals surface area contributed by atoms with Crippen LogP contribution in [0.5, 0.6) is 0 Å². The quantitative estimate of drug-likeness (QED) is 0.759. The van der Waals surface area contributed by atoms with Gasteiger partial charge in [-0.15, -0.1) is 0 Å². The molecule has 2 heteroatoms. The number of piperidine rings is 1. The highest BCUT2D eigenvalue weighted by molar-refractivity contribution is 4.83. The van der Waals surface area contributed by atoms with E-state index in [4.69, 9.17) is 5.73 Å². The summed E-state index contributed by atoms with van der Waals surface area (Å²) in [5, 5.41) is 0. The Balaban J connectivity index is 2.49. The topological polar surface area (TPSA) is 29.3 Å². The molecule has 1 fully saturated rings. The third kappa shape index (κ3) is 3.46. The molecule has 0 aromatic heterocycles. The second-order valence-electron chi connectivity index (χ2n) is 5.20. The Kier molecular flexibility index (Phi) is 5.07. The molecule has 1 aliphatic heterocycles. The average molecular weight is 212 g/mol. The number of hydrogen-bond donors (Lipinski definition) is 1. The summed E-state index contributed by atoms with van der Waals surface area (Å²) in [6.45, 7) is 10.6. The van der Waals surface area contributed by atoms with Crippen LogP contribution in [-0.4, -0.2) is 30.6 Å². The molecule has 1 heterocycles. The number of likely N-dealkylation sites (tertiary alicyclic amines) is 1. The summed E-state index contributed by atoms with van der Waals surface area (Å²) in [4.78, 5) is 2.59. The molecule has 0 saturated carbocycles. The molecule has 0 bridgehead atoms. The summed E-state index contributed by atoms with van der Waals surface area (Å²) < 4.78 is 0. The largest absolute Gasteiger partial charge is 0.327 e. The van der Waals surface area contributed by atoms with Crippen LogP contribution in [0.4, 0.5) is 0 Å². The van der Waals surface area contributed by atoms with Crippen LogP contribution in [0.25, 0.3) is 0 Å². The van der Waals surface area contributed by atoms with Crippen molar-refractivity contribution in [3.63, 3.8) is 0 Å². The number of hydrogen-bond acceptors (Lipinski definition) is 2. The van der Waals surface area contributed by atoms with Crippen molar-refractivity contribution >= 4 is 0 Å². The van der Waals surface area contributed by atoms with Gasteiger partial charge in [-0.3, -0.25) is 0 Å². The van der Waals surface area contributed by atoms with Gasteiger partial charge < -0.3 is 10.6 Å². The highest BCUT2D eigenvalue weighted by atomic mass is 15.1. The van der Waals surface area contributed by atoms with Crippen molar-refractivity contribution in [2.45, 2.75) is 58.9 Å². The lowest BCUT2D eigenvalue weighted by molar-refractivity contribution is 0.108. The number of rotatable bonds is 5. The molecule has 0 spiro atoms. The first-order valence-electron chi connectivity index (χ1n) is 6.63. The van der Waals surface area contributed by atoms with Gasteiger partial charge in [0, 0.05) is 19.1 Å². The van der Waals surface area contributed by atoms with Crippen LogP contribution in [0.2, 0.25) is 0 Å². The SMILES string of the molecule is CCC(CC)(CC)CN1CCC[C@@H](N)C1. The minimum absolute atomic E-state index is 0.419. The van der Waals surface area contributed by atoms with Crippen molar-refractivity contribution in [1.82, 2.24) is 4.90 Å². The molecule has 0 radical (unpaired) electrons. The summed E-state index contributed by atoms with van der Waals surface area (Å²) >= 11 is 0. The lowest BCUT2D eigenvalue weighted by Gasteiger charge is -2.39. The van der Waals surface area contributed by atoms with Crippen LogP contribution in [0.15, 0.2) is 0 Å². The first kappa shape index (κ1) is 13.0. The predicted molar refractivity (Wildman–Crippen MR) is 67.0 cm³/mol. The third-order valence-electron chi connectivity index (χ3n) is 4.35. The van der Waals surface area contributed by atoms with E-state index in [2.05, 4.69) is 25.7 Å². The summed E-state index contributed by atoms with van der Waals surface area (Å²) in [7, 11) is 0. The zero-order chi connectivity index (χ0) is 11.3. The minimum atomic E-state index is 0.419. The van der Waals surface area contributed by atoms with Gasteiger partial charge in [0.15, 0.2) is 0 Å². The standard InChI is InChI=1S/C13H28N2/c1-4-13(5-2,6-3)11-15-9-7-8-12(14)10-15/h12H,4-11,14H2,1-3H3/t12-/m1/s1. The fourth-order valence-electron chi connectivity index (χ4n) is 2.79. The Morgan fingerprint density at radius 3 is 2.27 bits per heavy atom. The molecule has 0 amide bonds. The van der Waals surface area contributed by atoms with Gasteiger partial charge in [-0.2, -0.15) is 0 Å². The van der Waals surface area contributed by atoms with Crippen molar-refractivity contribution in [2.75, 3.05) is 19.6 Å². The predicted octanol–water partition coefficient (Wildman–Crippen LogP) is 2.63. The second-order valence-corrected chi connectivity index (χ2v) is 5.20. The molecule has 2 N–H and O–H groups in total. The summed E-state index contributed by atoms with van der Waals surface area (Å²) in [6, 6.07) is 0.419. The Bertz CT molecular complexity index is 167. The van der Waals surface area contributed by atoms with Gasteiger partial charge in [0.25, 0.3) is 0 Å². The molecule has 0 unspecified atom stereocenters. The monoisotopic (exact) mass is 212 g/mol. The molecule has 1 saturated heterocycles. The molecular weight excluding hydrogens is 184 g/mol. The summed E-state index contributed by atoms with van der Waals surface area (Å²) in [6.07, 6.45) is 6.39. The molecular formula is C13H28N2. The molecule has 90 valence electrons. The number of nitrogens with two attached hydrogens (primary N) is 1. The molecule has 0 aromatic rings. The van der Waals surface area contributed by atoms with E-state index in [1.54, 1.807) is 0 Å². The molecule has 2 nitrogen and oxygen atoms in total. The Morgan fingerprint density at radius 2 is 1.80 bits per heavy atom. The van der Waals surface area contributed by atoms with E-state index in [1.807, 2.05) is 0 Å². The minimum Gasteiger partial charge on any atom is -0.327 e. The van der Waals surface area contributed by atoms with Crippen molar-refractivity contribution in [3.05, 3.63) is 0 Å². The molecule has 0 aliphatic carbocycles. The first-order valence-corrected chi connectivity index (χ1v) is 6.63. The van der Waals surface area contributed by atoms with Crippen molar-refractivity contribution in [1.29, 1.82) is 0 Å². The molecule has 0 aromatic carbocycles. The lowest BCUT2D eigenvalue weighted by Crippen LogP contribution is -2.47. The van der Waals surface area contributed by atoms with Crippen LogP contribution >= 0.6 is 0 Å². The molecule has 1 atom stereocenters. The Labute approximate surface area is 95.2 Å². The fraction of sp³-hybridized carbons (Fsp3) is 1.00. The summed E-state index contributed by atoms with van der Waals surface area (Å²) in [5.74, 6) is 0. The van der Waals surface area contributed by atoms with E-state index < -0.39 is 0 Å². The van der Waals surface area contributed by atoms with Crippen molar-refractivity contribution in [2.24, 2.45) is 11.1 Å². The van der Waals surface area contributed by atoms with Crippen LogP contribution in [0, 0.1) is 5.41 Å². The van der Waals surface area contributed by atoms with Gasteiger partial charge in [-0.05, 0) is 44.1 Å². The van der Waals surface area contributed by atoms with E-state index in [1.165, 1.54) is 45.2 Å². The molecule has 15 heavy (non-hydrogen) atoms. The van der Waals surface area contributed by atoms with E-state index in [0.29, 0.717) is 11.5 Å². The van der Waals surface area contributed by atoms with Crippen LogP contribution in [0.3, 0.4) is 0 Å². The maximum Gasteiger partial charge on any atom is 0.0168 e. The maximum atomic E-state index is 6.03. The second kappa shape index (κ2) is 5.86. The number of nitrogens with zero attached hydrogens (tertiary/aromatic N) is 1. The highest BCUT2D eigenvalue weighted by Gasteiger charge is 2.28. The van der Waals surface area contributed by atoms with Gasteiger partial charge in [0.1, 0.15) is 0 Å². The zero-order valence-electron chi connectivity index (χ0n) is 10.8. The van der Waals surface area contributed by atoms with Gasteiger partial charge >= 0.3 is 0 Å². The van der Waals surface area contributed by atoms with Gasteiger partial charge in [-0.25, -0.2) is 0 Å². The maximum absolute atomic E-state index is 6.03. The van der Waals surface area contributed by atoms with Crippen molar-refractivity contribution in [3.8, 4) is 0 Å². The highest BCUT2D eigenvalue weighted by Crippen LogP contribution is 2.32. The molecule has 1 rings (SSSR count). The Morgan fingerprint density at radius 1 is 1.20 bits per heavy atom. The lowest BCUT2D eigenvalue weighted by atomic mass is 9.79. The van der Waals surface area contributed by atoms with Gasteiger partial charge in [0.2, 0.25) is 0 Å². The first-order chi connectivity index (χ1) is 7.15. The molecule has 1 aliphatic rings. The zero-order valence-corrected chi connectivity index (χ0v) is 10.8. The fourth-order valence-corrected chi connectivity index (χ4v) is 2.79. The smallest absolute Gasteiger partial charge is 0.0168 e. The van der Waals surface area contributed by atoms with Crippen LogP contribution < -0.4 is 5.73 Å². The average Bonchev–Trinajstić information content (AvgIpc) is 2.26. The summed E-state index contributed by atoms with van der Waals surface area (Å²) in [5.41, 5.74) is 6.57. The van der Waals surface area contributed by atoms with Gasteiger partial charge in [-0.1, -0.05) is 20.8 Å². The Hall–Kier alpha value is -0.0800. The van der Waals surface area contributed by atoms with E-state index in [-0.39, 0.29) is 0 Å². The van der Waals surface area contributed by atoms with E-state index in [9.17, 15) is 0 Å². The normalized spacial score (nSPS) is 24.4. The van der Waals surface area contributed by atoms with Crippen LogP contribution in [-0.2, 0) is 0 Å². The van der Waals surface area contributed by atoms with E-state index in [0.717, 1.165) is 6.54 Å². The van der Waals surface area contributed by atoms with Gasteiger partial charge in [0.05, 0.1) is 0 Å².